The van der Waals surface area contributed by atoms with Crippen molar-refractivity contribution in [2.75, 3.05) is 39.6 Å². The number of unbranched alkanes of at least 4 members (excludes halogenated alkanes) is 21. The SMILES string of the molecule is CCCCCCCC/C=C\CCCCCCCC(=O)OC[C@@]1(O[C@H]2O[C@H](CO)[C@@H](O)[C@H](O)[C@H]2O)O[C@H](CO)[C@@H](O)[C@@H]1O.CCCCCCCCCCCCCC(=O)OC[C@@]1(O[C@H]2O[C@H](CO)[C@@H](O)[C@H](O)[C@H]2O)O[C@H](CO)[C@@H](O)[C@@H]1O. The Morgan fingerprint density at radius 3 is 0.988 bits per heavy atom. The summed E-state index contributed by atoms with van der Waals surface area (Å²) >= 11 is 0. The summed E-state index contributed by atoms with van der Waals surface area (Å²) in [6.45, 7) is 0.213. The highest BCUT2D eigenvalue weighted by Gasteiger charge is 2.61. The Bertz CT molecular complexity index is 1660. The van der Waals surface area contributed by atoms with Gasteiger partial charge in [-0.1, -0.05) is 142 Å². The lowest BCUT2D eigenvalue weighted by atomic mass is 9.99. The van der Waals surface area contributed by atoms with Crippen LogP contribution in [-0.2, 0) is 47.5 Å². The second-order valence-corrected chi connectivity index (χ2v) is 21.7. The predicted octanol–water partition coefficient (Wildman–Crippen LogP) is 1.05. The molecule has 80 heavy (non-hydrogen) atoms. The van der Waals surface area contributed by atoms with E-state index in [1.54, 1.807) is 0 Å². The van der Waals surface area contributed by atoms with Crippen LogP contribution in [0, 0.1) is 0 Å². The molecule has 0 saturated carbocycles. The number of carbonyl (C=O) groups excluding carboxylic acids is 2. The molecule has 470 valence electrons. The van der Waals surface area contributed by atoms with E-state index >= 15 is 0 Å². The molecule has 0 amide bonds. The molecule has 18 atom stereocenters. The van der Waals surface area contributed by atoms with Crippen LogP contribution in [0.15, 0.2) is 12.2 Å². The van der Waals surface area contributed by atoms with Crippen molar-refractivity contribution in [3.63, 3.8) is 0 Å². The fourth-order valence-electron chi connectivity index (χ4n) is 10.0. The summed E-state index contributed by atoms with van der Waals surface area (Å²) in [4.78, 5) is 24.8. The molecule has 0 unspecified atom stereocenters. The fourth-order valence-corrected chi connectivity index (χ4v) is 10.0. The minimum absolute atomic E-state index is 0.108. The van der Waals surface area contributed by atoms with Gasteiger partial charge >= 0.3 is 11.9 Å². The van der Waals surface area contributed by atoms with Gasteiger partial charge < -0.3 is 109 Å². The van der Waals surface area contributed by atoms with Crippen LogP contribution in [-0.4, -0.2) is 233 Å². The van der Waals surface area contributed by atoms with Crippen molar-refractivity contribution in [2.24, 2.45) is 0 Å². The summed E-state index contributed by atoms with van der Waals surface area (Å²) in [5, 5.41) is 141. The zero-order valence-electron chi connectivity index (χ0n) is 47.4. The molecule has 14 N–H and O–H groups in total. The average Bonchev–Trinajstić information content (AvgIpc) is 3.84. The highest BCUT2D eigenvalue weighted by molar-refractivity contribution is 5.69. The smallest absolute Gasteiger partial charge is 0.305 e. The summed E-state index contributed by atoms with van der Waals surface area (Å²) in [5.41, 5.74) is 0. The van der Waals surface area contributed by atoms with Crippen molar-refractivity contribution in [1.29, 1.82) is 0 Å². The van der Waals surface area contributed by atoms with E-state index in [1.807, 2.05) is 0 Å². The van der Waals surface area contributed by atoms with Crippen LogP contribution in [0.5, 0.6) is 0 Å². The van der Waals surface area contributed by atoms with E-state index in [4.69, 9.17) is 37.9 Å². The monoisotopic (exact) mass is 1160 g/mol. The van der Waals surface area contributed by atoms with Crippen molar-refractivity contribution in [2.45, 2.75) is 290 Å². The maximum Gasteiger partial charge on any atom is 0.305 e. The average molecular weight is 1160 g/mol. The third-order valence-electron chi connectivity index (χ3n) is 15.2. The number of hydrogen-bond donors (Lipinski definition) is 14. The van der Waals surface area contributed by atoms with Crippen LogP contribution in [0.3, 0.4) is 0 Å². The number of esters is 2. The fraction of sp³-hybridized carbons (Fsp3) is 0.929. The zero-order chi connectivity index (χ0) is 59.1. The van der Waals surface area contributed by atoms with E-state index in [1.165, 1.54) is 83.5 Å². The first-order chi connectivity index (χ1) is 38.4. The molecule has 0 aromatic heterocycles. The molecule has 0 bridgehead atoms. The number of ether oxygens (including phenoxy) is 8. The van der Waals surface area contributed by atoms with Crippen LogP contribution in [0.2, 0.25) is 0 Å². The summed E-state index contributed by atoms with van der Waals surface area (Å²) in [5.74, 6) is -5.68. The highest BCUT2D eigenvalue weighted by Crippen LogP contribution is 2.39. The number of aliphatic hydroxyl groups excluding tert-OH is 14. The second-order valence-electron chi connectivity index (χ2n) is 21.7. The summed E-state index contributed by atoms with van der Waals surface area (Å²) in [6, 6.07) is 0. The molecule has 4 heterocycles. The van der Waals surface area contributed by atoms with E-state index < -0.39 is 161 Å². The molecule has 0 aromatic rings. The van der Waals surface area contributed by atoms with Gasteiger partial charge in [0.2, 0.25) is 11.6 Å². The minimum Gasteiger partial charge on any atom is -0.460 e. The largest absolute Gasteiger partial charge is 0.460 e. The van der Waals surface area contributed by atoms with Crippen LogP contribution in [0.1, 0.15) is 181 Å². The molecule has 0 aromatic carbocycles. The van der Waals surface area contributed by atoms with Gasteiger partial charge in [0.05, 0.1) is 26.4 Å². The van der Waals surface area contributed by atoms with Gasteiger partial charge in [0.25, 0.3) is 0 Å². The Kier molecular flexibility index (Phi) is 35.6. The van der Waals surface area contributed by atoms with Crippen LogP contribution in [0.25, 0.3) is 0 Å². The number of aliphatic hydroxyl groups is 14. The summed E-state index contributed by atoms with van der Waals surface area (Å²) in [7, 11) is 0. The number of allylic oxidation sites excluding steroid dienone is 2. The zero-order valence-corrected chi connectivity index (χ0v) is 47.4. The molecule has 0 spiro atoms. The molecular formula is C56H102O24. The standard InChI is InChI=1S/C30H54O12.C26H48O12/c1-2-3-4-5-6-7-8-9-10-11-12-13-14-15-16-17-23(33)39-20-30(28(38)25(35)22(19-32)41-30)42-29-27(37)26(36)24(34)21(18-31)40-29;1-2-3-4-5-6-7-8-9-10-11-12-13-19(29)35-16-26(24(34)21(31)18(15-28)37-26)38-25-23(33)22(32)20(30)17(14-27)36-25/h9-10,21-22,24-29,31-32,34-38H,2-8,11-20H2,1H3;17-18,20-25,27-28,30-34H,2-16H2,1H3/b10-9-;/t21-,22-,24-,25-,26+,27-,28+,29-,30+;17-,18-,20-,21-,22+,23-,24+,25-,26+/m11/s1. The molecule has 4 aliphatic heterocycles. The van der Waals surface area contributed by atoms with Crippen molar-refractivity contribution in [3.05, 3.63) is 12.2 Å². The number of rotatable bonds is 39. The van der Waals surface area contributed by atoms with Crippen molar-refractivity contribution < 1.29 is 119 Å². The van der Waals surface area contributed by atoms with E-state index in [0.29, 0.717) is 12.8 Å². The van der Waals surface area contributed by atoms with Gasteiger partial charge in [-0.25, -0.2) is 0 Å². The lowest BCUT2D eigenvalue weighted by Crippen LogP contribution is -2.62. The first kappa shape index (κ1) is 72.1. The van der Waals surface area contributed by atoms with Gasteiger partial charge in [-0.3, -0.25) is 9.59 Å². The van der Waals surface area contributed by atoms with Gasteiger partial charge in [0, 0.05) is 12.8 Å². The third kappa shape index (κ3) is 23.0. The van der Waals surface area contributed by atoms with Gasteiger partial charge in [0.1, 0.15) is 98.7 Å². The first-order valence-corrected chi connectivity index (χ1v) is 29.6. The number of carbonyl (C=O) groups is 2. The quantitative estimate of drug-likeness (QED) is 0.0232. The van der Waals surface area contributed by atoms with Crippen molar-refractivity contribution in [1.82, 2.24) is 0 Å². The van der Waals surface area contributed by atoms with E-state index in [2.05, 4.69) is 26.0 Å². The Balaban J connectivity index is 0.000000422. The highest BCUT2D eigenvalue weighted by atomic mass is 16.8. The molecule has 4 fully saturated rings. The van der Waals surface area contributed by atoms with Crippen molar-refractivity contribution in [3.8, 4) is 0 Å². The van der Waals surface area contributed by atoms with Crippen molar-refractivity contribution >= 4 is 11.9 Å². The lowest BCUT2D eigenvalue weighted by molar-refractivity contribution is -0.383. The molecule has 0 radical (unpaired) electrons. The van der Waals surface area contributed by atoms with Crippen LogP contribution >= 0.6 is 0 Å². The minimum atomic E-state index is -2.25. The van der Waals surface area contributed by atoms with Gasteiger partial charge in [-0.2, -0.15) is 0 Å². The topological polar surface area (TPSA) is 391 Å². The van der Waals surface area contributed by atoms with Crippen LogP contribution in [0.4, 0.5) is 0 Å². The number of hydrogen-bond acceptors (Lipinski definition) is 24. The predicted molar refractivity (Wildman–Crippen MR) is 286 cm³/mol. The Morgan fingerprint density at radius 2 is 0.688 bits per heavy atom. The Labute approximate surface area is 471 Å². The van der Waals surface area contributed by atoms with Gasteiger partial charge in [-0.15, -0.1) is 0 Å². The molecule has 0 aliphatic carbocycles. The molecule has 4 rings (SSSR count). The van der Waals surface area contributed by atoms with Gasteiger partial charge in [0.15, 0.2) is 12.6 Å². The molecule has 24 nitrogen and oxygen atoms in total. The summed E-state index contributed by atoms with van der Waals surface area (Å²) < 4.78 is 43.5. The molecule has 24 heteroatoms. The summed E-state index contributed by atoms with van der Waals surface area (Å²) in [6.07, 6.45) is 5.78. The molecule has 4 aliphatic rings. The normalized spacial score (nSPS) is 34.4. The maximum absolute atomic E-state index is 12.4. The van der Waals surface area contributed by atoms with E-state index in [-0.39, 0.29) is 12.8 Å². The Morgan fingerprint density at radius 1 is 0.388 bits per heavy atom. The van der Waals surface area contributed by atoms with Gasteiger partial charge in [-0.05, 0) is 38.5 Å². The molecule has 4 saturated heterocycles. The van der Waals surface area contributed by atoms with E-state index in [0.717, 1.165) is 57.8 Å². The maximum atomic E-state index is 12.4. The lowest BCUT2D eigenvalue weighted by Gasteiger charge is -2.43. The second kappa shape index (κ2) is 39.5. The Hall–Kier alpha value is -2.12. The van der Waals surface area contributed by atoms with E-state index in [9.17, 15) is 81.1 Å². The molecular weight excluding hydrogens is 1060 g/mol. The first-order valence-electron chi connectivity index (χ1n) is 29.6. The van der Waals surface area contributed by atoms with Crippen LogP contribution < -0.4 is 0 Å². The third-order valence-corrected chi connectivity index (χ3v) is 15.2.